The molecule has 3 rings (SSSR count). The van der Waals surface area contributed by atoms with Gasteiger partial charge in [-0.25, -0.2) is 4.98 Å². The second kappa shape index (κ2) is 7.53. The first-order valence-corrected chi connectivity index (χ1v) is 7.84. The Labute approximate surface area is 134 Å². The molecule has 1 aliphatic carbocycles. The summed E-state index contributed by atoms with van der Waals surface area (Å²) in [5.41, 5.74) is 0. The molecule has 7 nitrogen and oxygen atoms in total. The second-order valence-electron chi connectivity index (χ2n) is 5.49. The van der Waals surface area contributed by atoms with Gasteiger partial charge in [0.1, 0.15) is 11.6 Å². The lowest BCUT2D eigenvalue weighted by atomic mass is 9.85. The van der Waals surface area contributed by atoms with Crippen LogP contribution in [0.2, 0.25) is 0 Å². The molecule has 2 heterocycles. The average Bonchev–Trinajstić information content (AvgIpc) is 2.52. The van der Waals surface area contributed by atoms with Crippen molar-refractivity contribution in [1.82, 2.24) is 20.5 Å². The number of aromatic nitrogens is 3. The summed E-state index contributed by atoms with van der Waals surface area (Å²) in [6.45, 7) is 1.21. The maximum atomic E-state index is 11.7. The van der Waals surface area contributed by atoms with Gasteiger partial charge in [0.05, 0.1) is 0 Å². The van der Waals surface area contributed by atoms with Crippen LogP contribution in [0, 0.1) is 5.92 Å². The third kappa shape index (κ3) is 4.38. The van der Waals surface area contributed by atoms with Gasteiger partial charge >= 0.3 is 0 Å². The molecule has 1 aliphatic rings. The summed E-state index contributed by atoms with van der Waals surface area (Å²) in [7, 11) is 0. The van der Waals surface area contributed by atoms with E-state index in [0.717, 1.165) is 18.7 Å². The van der Waals surface area contributed by atoms with E-state index in [1.807, 2.05) is 30.3 Å². The van der Waals surface area contributed by atoms with E-state index < -0.39 is 0 Å². The maximum absolute atomic E-state index is 11.7. The van der Waals surface area contributed by atoms with Crippen LogP contribution >= 0.6 is 0 Å². The number of hydrogen-bond acceptors (Lipinski definition) is 6. The van der Waals surface area contributed by atoms with Crippen molar-refractivity contribution in [2.75, 3.05) is 23.7 Å². The van der Waals surface area contributed by atoms with Gasteiger partial charge in [0.2, 0.25) is 5.91 Å². The van der Waals surface area contributed by atoms with Gasteiger partial charge in [-0.1, -0.05) is 12.5 Å². The second-order valence-corrected chi connectivity index (χ2v) is 5.49. The normalized spacial score (nSPS) is 13.9. The molecular formula is C16H20N6O. The van der Waals surface area contributed by atoms with Crippen molar-refractivity contribution in [2.45, 2.75) is 19.3 Å². The van der Waals surface area contributed by atoms with Gasteiger partial charge in [-0.2, -0.15) is 0 Å². The molecular weight excluding hydrogens is 292 g/mol. The molecule has 0 aromatic carbocycles. The Morgan fingerprint density at radius 1 is 1.04 bits per heavy atom. The molecule has 0 aliphatic heterocycles. The molecule has 23 heavy (non-hydrogen) atoms. The summed E-state index contributed by atoms with van der Waals surface area (Å²) in [6.07, 6.45) is 4.93. The van der Waals surface area contributed by atoms with Crippen molar-refractivity contribution in [3.05, 3.63) is 36.5 Å². The first-order chi connectivity index (χ1) is 11.3. The van der Waals surface area contributed by atoms with Crippen molar-refractivity contribution in [3.63, 3.8) is 0 Å². The van der Waals surface area contributed by atoms with E-state index in [-0.39, 0.29) is 11.8 Å². The minimum atomic E-state index is 0.166. The molecule has 0 spiro atoms. The highest BCUT2D eigenvalue weighted by atomic mass is 16.1. The predicted molar refractivity (Wildman–Crippen MR) is 88.4 cm³/mol. The molecule has 0 radical (unpaired) electrons. The summed E-state index contributed by atoms with van der Waals surface area (Å²) in [6, 6.07) is 9.28. The fourth-order valence-electron chi connectivity index (χ4n) is 2.25. The van der Waals surface area contributed by atoms with Gasteiger partial charge in [0.15, 0.2) is 5.82 Å². The molecule has 2 aromatic heterocycles. The monoisotopic (exact) mass is 312 g/mol. The lowest BCUT2D eigenvalue weighted by Gasteiger charge is -2.24. The molecule has 7 heteroatoms. The van der Waals surface area contributed by atoms with Crippen LogP contribution in [-0.4, -0.2) is 34.2 Å². The third-order valence-electron chi connectivity index (χ3n) is 3.79. The van der Waals surface area contributed by atoms with Crippen LogP contribution in [-0.2, 0) is 4.79 Å². The molecule has 1 amide bonds. The largest absolute Gasteiger partial charge is 0.367 e. The van der Waals surface area contributed by atoms with Crippen molar-refractivity contribution in [1.29, 1.82) is 0 Å². The van der Waals surface area contributed by atoms with Crippen LogP contribution in [0.5, 0.6) is 0 Å². The molecule has 1 fully saturated rings. The predicted octanol–water partition coefficient (Wildman–Crippen LogP) is 1.94. The van der Waals surface area contributed by atoms with Crippen LogP contribution in [0.1, 0.15) is 19.3 Å². The highest BCUT2D eigenvalue weighted by molar-refractivity contribution is 5.79. The minimum Gasteiger partial charge on any atom is -0.367 e. The number of pyridine rings is 1. The van der Waals surface area contributed by atoms with Crippen molar-refractivity contribution in [3.8, 4) is 0 Å². The summed E-state index contributed by atoms with van der Waals surface area (Å²) in [4.78, 5) is 15.8. The van der Waals surface area contributed by atoms with Crippen LogP contribution in [0.25, 0.3) is 0 Å². The van der Waals surface area contributed by atoms with Crippen LogP contribution in [0.4, 0.5) is 17.5 Å². The third-order valence-corrected chi connectivity index (χ3v) is 3.79. The summed E-state index contributed by atoms with van der Waals surface area (Å²) in [5, 5.41) is 17.3. The number of amides is 1. The molecule has 2 aromatic rings. The first-order valence-electron chi connectivity index (χ1n) is 7.84. The number of anilines is 3. The molecule has 0 atom stereocenters. The summed E-state index contributed by atoms with van der Waals surface area (Å²) < 4.78 is 0. The SMILES string of the molecule is O=C(NCCNc1ccc(Nc2ccccn2)nn1)C1CCC1. The van der Waals surface area contributed by atoms with E-state index in [1.165, 1.54) is 6.42 Å². The number of nitrogens with one attached hydrogen (secondary N) is 3. The average molecular weight is 312 g/mol. The Kier molecular flexibility index (Phi) is 4.98. The smallest absolute Gasteiger partial charge is 0.223 e. The lowest BCUT2D eigenvalue weighted by molar-refractivity contribution is -0.127. The highest BCUT2D eigenvalue weighted by Crippen LogP contribution is 2.25. The Balaban J connectivity index is 1.40. The summed E-state index contributed by atoms with van der Waals surface area (Å²) in [5.74, 6) is 2.43. The molecule has 0 saturated heterocycles. The number of hydrogen-bond donors (Lipinski definition) is 3. The number of carbonyl (C=O) groups is 1. The van der Waals surface area contributed by atoms with Gasteiger partial charge in [0, 0.05) is 25.2 Å². The Hall–Kier alpha value is -2.70. The summed E-state index contributed by atoms with van der Waals surface area (Å²) >= 11 is 0. The molecule has 0 unspecified atom stereocenters. The molecule has 0 bridgehead atoms. The van der Waals surface area contributed by atoms with E-state index >= 15 is 0 Å². The van der Waals surface area contributed by atoms with E-state index in [2.05, 4.69) is 31.1 Å². The van der Waals surface area contributed by atoms with Crippen molar-refractivity contribution in [2.24, 2.45) is 5.92 Å². The van der Waals surface area contributed by atoms with E-state index in [9.17, 15) is 4.79 Å². The quantitative estimate of drug-likeness (QED) is 0.677. The van der Waals surface area contributed by atoms with Crippen LogP contribution in [0.3, 0.4) is 0 Å². The molecule has 1 saturated carbocycles. The number of carbonyl (C=O) groups excluding carboxylic acids is 1. The van der Waals surface area contributed by atoms with Gasteiger partial charge < -0.3 is 16.0 Å². The number of nitrogens with zero attached hydrogens (tertiary/aromatic N) is 3. The van der Waals surface area contributed by atoms with Gasteiger partial charge in [-0.05, 0) is 37.1 Å². The fraction of sp³-hybridized carbons (Fsp3) is 0.375. The zero-order chi connectivity index (χ0) is 15.9. The standard InChI is InChI=1S/C16H20N6O/c23-16(12-4-3-5-12)19-11-10-18-14-7-8-15(22-21-14)20-13-6-1-2-9-17-13/h1-2,6-9,12H,3-5,10-11H2,(H,18,21)(H,19,23)(H,17,20,22). The van der Waals surface area contributed by atoms with Gasteiger partial charge in [-0.3, -0.25) is 4.79 Å². The van der Waals surface area contributed by atoms with Gasteiger partial charge in [0.25, 0.3) is 0 Å². The Morgan fingerprint density at radius 2 is 1.87 bits per heavy atom. The molecule has 3 N–H and O–H groups in total. The first kappa shape index (κ1) is 15.2. The zero-order valence-corrected chi connectivity index (χ0v) is 12.8. The minimum absolute atomic E-state index is 0.166. The van der Waals surface area contributed by atoms with E-state index in [4.69, 9.17) is 0 Å². The van der Waals surface area contributed by atoms with Crippen molar-refractivity contribution < 1.29 is 4.79 Å². The fourth-order valence-corrected chi connectivity index (χ4v) is 2.25. The van der Waals surface area contributed by atoms with Crippen molar-refractivity contribution >= 4 is 23.4 Å². The maximum Gasteiger partial charge on any atom is 0.223 e. The Morgan fingerprint density at radius 3 is 2.52 bits per heavy atom. The zero-order valence-electron chi connectivity index (χ0n) is 12.8. The van der Waals surface area contributed by atoms with E-state index in [0.29, 0.717) is 24.7 Å². The highest BCUT2D eigenvalue weighted by Gasteiger charge is 2.24. The lowest BCUT2D eigenvalue weighted by Crippen LogP contribution is -2.36. The molecule has 120 valence electrons. The Bertz CT molecular complexity index is 627. The topological polar surface area (TPSA) is 91.8 Å². The van der Waals surface area contributed by atoms with Crippen LogP contribution < -0.4 is 16.0 Å². The van der Waals surface area contributed by atoms with Gasteiger partial charge in [-0.15, -0.1) is 10.2 Å². The number of rotatable bonds is 7. The van der Waals surface area contributed by atoms with Crippen LogP contribution in [0.15, 0.2) is 36.5 Å². The van der Waals surface area contributed by atoms with E-state index in [1.54, 1.807) is 6.20 Å².